The maximum atomic E-state index is 12.0. The van der Waals surface area contributed by atoms with E-state index in [-0.39, 0.29) is 24.1 Å². The molecular formula is C18H29ClN2O3S. The minimum Gasteiger partial charge on any atom is -0.455 e. The van der Waals surface area contributed by atoms with Crippen LogP contribution >= 0.6 is 23.4 Å². The number of carbonyl (C=O) groups excluding carboxylic acids is 2. The van der Waals surface area contributed by atoms with Crippen LogP contribution in [0.2, 0.25) is 0 Å². The van der Waals surface area contributed by atoms with Gasteiger partial charge in [-0.2, -0.15) is 0 Å². The molecule has 142 valence electrons. The largest absolute Gasteiger partial charge is 0.455 e. The third kappa shape index (κ3) is 12.7. The Kier molecular flexibility index (Phi) is 11.5. The van der Waals surface area contributed by atoms with Crippen LogP contribution in [0, 0.1) is 5.92 Å². The minimum atomic E-state index is -0.601. The van der Waals surface area contributed by atoms with Gasteiger partial charge in [0.2, 0.25) is 5.91 Å². The smallest absolute Gasteiger partial charge is 0.356 e. The molecule has 0 aliphatic heterocycles. The Morgan fingerprint density at radius 1 is 1.40 bits per heavy atom. The zero-order valence-corrected chi connectivity index (χ0v) is 17.3. The number of thioether (sulfide) groups is 1. The average Bonchev–Trinajstić information content (AvgIpc) is 2.49. The van der Waals surface area contributed by atoms with E-state index in [1.54, 1.807) is 20.8 Å². The van der Waals surface area contributed by atoms with Crippen LogP contribution in [-0.4, -0.2) is 41.2 Å². The second-order valence-corrected chi connectivity index (χ2v) is 7.78. The third-order valence-electron chi connectivity index (χ3n) is 2.81. The lowest BCUT2D eigenvalue weighted by Crippen LogP contribution is -2.29. The van der Waals surface area contributed by atoms with Crippen LogP contribution in [0.5, 0.6) is 0 Å². The third-order valence-corrected chi connectivity index (χ3v) is 3.74. The number of hydrogen-bond donors (Lipinski definition) is 1. The molecule has 7 heteroatoms. The molecule has 0 rings (SSSR count). The first kappa shape index (κ1) is 23.7. The van der Waals surface area contributed by atoms with Crippen molar-refractivity contribution in [1.82, 2.24) is 5.32 Å². The van der Waals surface area contributed by atoms with Gasteiger partial charge in [0, 0.05) is 12.3 Å². The number of hydrogen-bond acceptors (Lipinski definition) is 5. The lowest BCUT2D eigenvalue weighted by atomic mass is 10.1. The zero-order valence-electron chi connectivity index (χ0n) is 15.7. The maximum Gasteiger partial charge on any atom is 0.356 e. The van der Waals surface area contributed by atoms with Gasteiger partial charge in [0.1, 0.15) is 11.3 Å². The van der Waals surface area contributed by atoms with Gasteiger partial charge in [0.05, 0.1) is 11.6 Å². The van der Waals surface area contributed by atoms with E-state index in [9.17, 15) is 9.59 Å². The number of nitrogens with zero attached hydrogens (tertiary/aromatic N) is 1. The lowest BCUT2D eigenvalue weighted by molar-refractivity contribution is -0.149. The summed E-state index contributed by atoms with van der Waals surface area (Å²) in [6, 6.07) is 0. The van der Waals surface area contributed by atoms with Crippen LogP contribution in [-0.2, 0) is 14.3 Å². The first-order valence-electron chi connectivity index (χ1n) is 8.12. The number of rotatable bonds is 9. The number of aliphatic imine (C=N–C) groups is 1. The van der Waals surface area contributed by atoms with Crippen LogP contribution in [0.4, 0.5) is 0 Å². The molecule has 0 aromatic rings. The molecule has 0 saturated carbocycles. The Morgan fingerprint density at radius 2 is 2.04 bits per heavy atom. The van der Waals surface area contributed by atoms with Crippen LogP contribution in [0.1, 0.15) is 40.5 Å². The molecule has 0 saturated heterocycles. The van der Waals surface area contributed by atoms with Crippen molar-refractivity contribution >= 4 is 40.3 Å². The molecule has 1 amide bonds. The Labute approximate surface area is 160 Å². The van der Waals surface area contributed by atoms with Crippen molar-refractivity contribution in [3.63, 3.8) is 0 Å². The Morgan fingerprint density at radius 3 is 2.56 bits per heavy atom. The first-order valence-corrected chi connectivity index (χ1v) is 9.88. The van der Waals surface area contributed by atoms with Gasteiger partial charge in [-0.15, -0.1) is 23.4 Å². The van der Waals surface area contributed by atoms with Gasteiger partial charge in [0.25, 0.3) is 0 Å². The van der Waals surface area contributed by atoms with E-state index in [4.69, 9.17) is 16.3 Å². The van der Waals surface area contributed by atoms with Gasteiger partial charge in [-0.05, 0) is 39.4 Å². The summed E-state index contributed by atoms with van der Waals surface area (Å²) >= 11 is 6.95. The van der Waals surface area contributed by atoms with Crippen molar-refractivity contribution < 1.29 is 14.3 Å². The second kappa shape index (κ2) is 12.1. The van der Waals surface area contributed by atoms with Gasteiger partial charge in [-0.25, -0.2) is 9.79 Å². The maximum absolute atomic E-state index is 12.0. The number of carbonyl (C=O) groups is 2. The summed E-state index contributed by atoms with van der Waals surface area (Å²) in [6.07, 6.45) is 6.96. The van der Waals surface area contributed by atoms with Crippen molar-refractivity contribution in [3.8, 4) is 0 Å². The number of halogens is 1. The molecule has 5 nitrogen and oxygen atoms in total. The highest BCUT2D eigenvalue weighted by atomic mass is 35.5. The molecule has 0 spiro atoms. The van der Waals surface area contributed by atoms with E-state index in [1.165, 1.54) is 11.8 Å². The predicted molar refractivity (Wildman–Crippen MR) is 107 cm³/mol. The topological polar surface area (TPSA) is 67.8 Å². The quantitative estimate of drug-likeness (QED) is 0.162. The molecule has 0 unspecified atom stereocenters. The van der Waals surface area contributed by atoms with Gasteiger partial charge in [-0.3, -0.25) is 4.79 Å². The van der Waals surface area contributed by atoms with Crippen molar-refractivity contribution in [1.29, 1.82) is 0 Å². The minimum absolute atomic E-state index is 0.0194. The molecule has 0 bridgehead atoms. The highest BCUT2D eigenvalue weighted by Gasteiger charge is 2.19. The Balaban J connectivity index is 4.51. The van der Waals surface area contributed by atoms with E-state index in [2.05, 4.69) is 16.9 Å². The highest BCUT2D eigenvalue weighted by molar-refractivity contribution is 8.13. The first-order chi connectivity index (χ1) is 11.6. The average molecular weight is 389 g/mol. The van der Waals surface area contributed by atoms with E-state index in [0.717, 1.165) is 6.42 Å². The SMILES string of the molecule is C=C(N=C(CNC(=O)C[C@H](C)/C=C/CCCl)SC)C(=O)OC(C)(C)C. The van der Waals surface area contributed by atoms with Crippen molar-refractivity contribution in [3.05, 3.63) is 24.4 Å². The summed E-state index contributed by atoms with van der Waals surface area (Å²) in [5, 5.41) is 3.40. The molecule has 0 heterocycles. The molecule has 0 aromatic carbocycles. The van der Waals surface area contributed by atoms with Crippen LogP contribution in [0.15, 0.2) is 29.4 Å². The van der Waals surface area contributed by atoms with E-state index >= 15 is 0 Å². The summed E-state index contributed by atoms with van der Waals surface area (Å²) in [7, 11) is 0. The fourth-order valence-electron chi connectivity index (χ4n) is 1.69. The number of alkyl halides is 1. The summed E-state index contributed by atoms with van der Waals surface area (Å²) in [4.78, 5) is 28.0. The number of esters is 1. The molecule has 0 aliphatic rings. The second-order valence-electron chi connectivity index (χ2n) is 6.52. The zero-order chi connectivity index (χ0) is 19.5. The summed E-state index contributed by atoms with van der Waals surface area (Å²) < 4.78 is 5.21. The van der Waals surface area contributed by atoms with Crippen LogP contribution in [0.3, 0.4) is 0 Å². The fraction of sp³-hybridized carbons (Fsp3) is 0.611. The van der Waals surface area contributed by atoms with Crippen molar-refractivity contribution in [2.45, 2.75) is 46.1 Å². The molecule has 0 fully saturated rings. The highest BCUT2D eigenvalue weighted by Crippen LogP contribution is 2.12. The summed E-state index contributed by atoms with van der Waals surface area (Å²) in [5.41, 5.74) is -0.581. The van der Waals surface area contributed by atoms with Crippen LogP contribution < -0.4 is 5.32 Å². The molecule has 1 atom stereocenters. The van der Waals surface area contributed by atoms with E-state index in [0.29, 0.717) is 17.3 Å². The number of amides is 1. The Hall–Kier alpha value is -1.27. The summed E-state index contributed by atoms with van der Waals surface area (Å²) in [5.74, 6) is 0.0653. The summed E-state index contributed by atoms with van der Waals surface area (Å²) in [6.45, 7) is 11.2. The molecule has 25 heavy (non-hydrogen) atoms. The Bertz CT molecular complexity index is 525. The fourth-order valence-corrected chi connectivity index (χ4v) is 2.23. The molecule has 0 radical (unpaired) electrons. The lowest BCUT2D eigenvalue weighted by Gasteiger charge is -2.19. The standard InChI is InChI=1S/C18H29ClN2O3S/c1-13(9-7-8-10-19)11-15(22)20-12-16(25-6)21-14(2)17(23)24-18(3,4)5/h7,9,13H,2,8,10-12H2,1,3-6H3,(H,20,22)/b9-7+,21-16?/t13-/m1/s1. The monoisotopic (exact) mass is 388 g/mol. The van der Waals surface area contributed by atoms with Gasteiger partial charge in [-0.1, -0.05) is 25.7 Å². The van der Waals surface area contributed by atoms with E-state index < -0.39 is 11.6 Å². The van der Waals surface area contributed by atoms with Crippen molar-refractivity contribution in [2.24, 2.45) is 10.9 Å². The van der Waals surface area contributed by atoms with E-state index in [1.807, 2.05) is 25.3 Å². The molecule has 1 N–H and O–H groups in total. The number of nitrogens with one attached hydrogen (secondary N) is 1. The normalized spacial score (nSPS) is 13.6. The van der Waals surface area contributed by atoms with Gasteiger partial charge >= 0.3 is 5.97 Å². The number of ether oxygens (including phenoxy) is 1. The van der Waals surface area contributed by atoms with Gasteiger partial charge in [0.15, 0.2) is 0 Å². The van der Waals surface area contributed by atoms with Crippen LogP contribution in [0.25, 0.3) is 0 Å². The molecule has 0 aromatic heterocycles. The number of allylic oxidation sites excluding steroid dienone is 2. The van der Waals surface area contributed by atoms with Crippen molar-refractivity contribution in [2.75, 3.05) is 18.7 Å². The predicted octanol–water partition coefficient (Wildman–Crippen LogP) is 3.93. The molecular weight excluding hydrogens is 360 g/mol. The van der Waals surface area contributed by atoms with Gasteiger partial charge < -0.3 is 10.1 Å². The molecule has 0 aliphatic carbocycles.